The summed E-state index contributed by atoms with van der Waals surface area (Å²) in [6, 6.07) is 0. The smallest absolute Gasteiger partial charge is 0.408 e. The zero-order valence-electron chi connectivity index (χ0n) is 13.9. The van der Waals surface area contributed by atoms with Crippen molar-refractivity contribution in [3.8, 4) is 0 Å². The highest BCUT2D eigenvalue weighted by molar-refractivity contribution is 7.91. The van der Waals surface area contributed by atoms with Gasteiger partial charge < -0.3 is 10.1 Å². The fourth-order valence-electron chi connectivity index (χ4n) is 2.30. The lowest BCUT2D eigenvalue weighted by Crippen LogP contribution is -2.54. The van der Waals surface area contributed by atoms with Gasteiger partial charge in [0, 0.05) is 5.92 Å². The molecule has 23 heavy (non-hydrogen) atoms. The molecule has 2 aliphatic rings. The summed E-state index contributed by atoms with van der Waals surface area (Å²) in [5.41, 5.74) is -2.02. The monoisotopic (exact) mass is 344 g/mol. The fraction of sp³-hybridized carbons (Fsp3) is 0.733. The summed E-state index contributed by atoms with van der Waals surface area (Å²) in [7, 11) is -3.76. The molecule has 2 fully saturated rings. The van der Waals surface area contributed by atoms with Gasteiger partial charge in [0.1, 0.15) is 11.1 Å². The Kier molecular flexibility index (Phi) is 4.04. The van der Waals surface area contributed by atoms with Gasteiger partial charge in [-0.25, -0.2) is 13.2 Å². The Labute approximate surface area is 136 Å². The van der Waals surface area contributed by atoms with Crippen LogP contribution in [0.5, 0.6) is 0 Å². The highest BCUT2D eigenvalue weighted by Gasteiger charge is 2.62. The number of sulfonamides is 1. The van der Waals surface area contributed by atoms with E-state index in [-0.39, 0.29) is 5.92 Å². The number of ether oxygens (including phenoxy) is 1. The van der Waals surface area contributed by atoms with Crippen LogP contribution in [0.25, 0.3) is 0 Å². The maximum Gasteiger partial charge on any atom is 0.408 e. The van der Waals surface area contributed by atoms with Crippen LogP contribution in [-0.2, 0) is 19.6 Å². The second-order valence-electron chi connectivity index (χ2n) is 7.53. The molecule has 0 saturated heterocycles. The van der Waals surface area contributed by atoms with Crippen LogP contribution in [0.15, 0.2) is 12.7 Å². The maximum atomic E-state index is 12.5. The van der Waals surface area contributed by atoms with Crippen LogP contribution in [0.4, 0.5) is 4.79 Å². The molecule has 2 atom stereocenters. The Morgan fingerprint density at radius 1 is 1.30 bits per heavy atom. The number of nitrogens with one attached hydrogen (secondary N) is 2. The Balaban J connectivity index is 2.11. The zero-order valence-corrected chi connectivity index (χ0v) is 14.7. The van der Waals surface area contributed by atoms with Gasteiger partial charge in [0.05, 0.1) is 4.75 Å². The van der Waals surface area contributed by atoms with E-state index in [9.17, 15) is 18.0 Å². The average Bonchev–Trinajstić information content (AvgIpc) is 3.24. The van der Waals surface area contributed by atoms with E-state index in [1.807, 2.05) is 0 Å². The van der Waals surface area contributed by atoms with E-state index in [0.29, 0.717) is 19.3 Å². The molecule has 0 spiro atoms. The number of carbonyl (C=O) groups is 2. The van der Waals surface area contributed by atoms with Crippen molar-refractivity contribution in [1.82, 2.24) is 10.0 Å². The SMILES string of the molecule is C=CC1CC1(NC(=O)OC(C)(C)C)C(=O)NS(=O)(=O)C1(C)CC1. The minimum Gasteiger partial charge on any atom is -0.444 e. The number of carbonyl (C=O) groups excluding carboxylic acids is 2. The van der Waals surface area contributed by atoms with Gasteiger partial charge in [0.25, 0.3) is 5.91 Å². The highest BCUT2D eigenvalue weighted by atomic mass is 32.2. The van der Waals surface area contributed by atoms with Crippen LogP contribution in [0.2, 0.25) is 0 Å². The van der Waals surface area contributed by atoms with Crippen molar-refractivity contribution in [1.29, 1.82) is 0 Å². The van der Waals surface area contributed by atoms with Gasteiger partial charge in [-0.3, -0.25) is 9.52 Å². The summed E-state index contributed by atoms with van der Waals surface area (Å²) in [6.07, 6.45) is 2.11. The van der Waals surface area contributed by atoms with E-state index < -0.39 is 37.9 Å². The van der Waals surface area contributed by atoms with Gasteiger partial charge in [-0.1, -0.05) is 6.08 Å². The molecule has 0 aliphatic heterocycles. The summed E-state index contributed by atoms with van der Waals surface area (Å²) >= 11 is 0. The second kappa shape index (κ2) is 5.22. The van der Waals surface area contributed by atoms with E-state index in [4.69, 9.17) is 4.74 Å². The van der Waals surface area contributed by atoms with Crippen LogP contribution < -0.4 is 10.0 Å². The fourth-order valence-corrected chi connectivity index (χ4v) is 3.61. The molecule has 8 heteroatoms. The Bertz CT molecular complexity index is 645. The van der Waals surface area contributed by atoms with Crippen molar-refractivity contribution in [2.75, 3.05) is 0 Å². The van der Waals surface area contributed by atoms with Crippen LogP contribution in [0.1, 0.15) is 47.0 Å². The molecule has 2 amide bonds. The van der Waals surface area contributed by atoms with Gasteiger partial charge in [-0.2, -0.15) is 0 Å². The van der Waals surface area contributed by atoms with Gasteiger partial charge in [-0.05, 0) is 47.0 Å². The molecule has 0 heterocycles. The van der Waals surface area contributed by atoms with Crippen LogP contribution in [-0.4, -0.2) is 36.3 Å². The van der Waals surface area contributed by atoms with Crippen molar-refractivity contribution in [2.24, 2.45) is 5.92 Å². The lowest BCUT2D eigenvalue weighted by atomic mass is 10.2. The molecule has 2 N–H and O–H groups in total. The summed E-state index contributed by atoms with van der Waals surface area (Å²) < 4.78 is 30.8. The third kappa shape index (κ3) is 3.52. The van der Waals surface area contributed by atoms with Crippen molar-refractivity contribution in [3.05, 3.63) is 12.7 Å². The molecule has 0 aromatic heterocycles. The first kappa shape index (κ1) is 17.8. The Morgan fingerprint density at radius 2 is 1.87 bits per heavy atom. The lowest BCUT2D eigenvalue weighted by molar-refractivity contribution is -0.122. The minimum absolute atomic E-state index is 0.299. The summed E-state index contributed by atoms with van der Waals surface area (Å²) in [6.45, 7) is 10.3. The lowest BCUT2D eigenvalue weighted by Gasteiger charge is -2.24. The van der Waals surface area contributed by atoms with Crippen LogP contribution in [0, 0.1) is 5.92 Å². The van der Waals surface area contributed by atoms with Crippen molar-refractivity contribution in [2.45, 2.75) is 62.8 Å². The molecule has 0 bridgehead atoms. The molecule has 2 aliphatic carbocycles. The molecule has 0 radical (unpaired) electrons. The summed E-state index contributed by atoms with van der Waals surface area (Å²) in [4.78, 5) is 24.4. The number of alkyl carbamates (subject to hydrolysis) is 1. The normalized spacial score (nSPS) is 28.4. The number of hydrogen-bond acceptors (Lipinski definition) is 5. The van der Waals surface area contributed by atoms with E-state index in [1.54, 1.807) is 27.7 Å². The average molecular weight is 344 g/mol. The van der Waals surface area contributed by atoms with Gasteiger partial charge in [0.15, 0.2) is 0 Å². The Morgan fingerprint density at radius 3 is 2.26 bits per heavy atom. The molecule has 130 valence electrons. The van der Waals surface area contributed by atoms with E-state index >= 15 is 0 Å². The molecular formula is C15H24N2O5S. The van der Waals surface area contributed by atoms with Gasteiger partial charge >= 0.3 is 6.09 Å². The highest BCUT2D eigenvalue weighted by Crippen LogP contribution is 2.46. The topological polar surface area (TPSA) is 102 Å². The van der Waals surface area contributed by atoms with Gasteiger partial charge in [-0.15, -0.1) is 6.58 Å². The van der Waals surface area contributed by atoms with E-state index in [1.165, 1.54) is 6.08 Å². The zero-order chi connectivity index (χ0) is 17.7. The predicted octanol–water partition coefficient (Wildman–Crippen LogP) is 1.45. The third-order valence-corrected chi connectivity index (χ3v) is 6.42. The molecule has 2 unspecified atom stereocenters. The number of amides is 2. The molecular weight excluding hydrogens is 320 g/mol. The van der Waals surface area contributed by atoms with E-state index in [0.717, 1.165) is 0 Å². The first-order valence-electron chi connectivity index (χ1n) is 7.56. The maximum absolute atomic E-state index is 12.5. The molecule has 2 rings (SSSR count). The molecule has 0 aromatic rings. The van der Waals surface area contributed by atoms with Crippen molar-refractivity contribution < 1.29 is 22.7 Å². The van der Waals surface area contributed by atoms with Crippen molar-refractivity contribution in [3.63, 3.8) is 0 Å². The minimum atomic E-state index is -3.76. The summed E-state index contributed by atoms with van der Waals surface area (Å²) in [5, 5.41) is 2.51. The predicted molar refractivity (Wildman–Crippen MR) is 85.1 cm³/mol. The summed E-state index contributed by atoms with van der Waals surface area (Å²) in [5.74, 6) is -1.06. The van der Waals surface area contributed by atoms with Crippen LogP contribution >= 0.6 is 0 Å². The van der Waals surface area contributed by atoms with E-state index in [2.05, 4.69) is 16.6 Å². The number of hydrogen-bond donors (Lipinski definition) is 2. The van der Waals surface area contributed by atoms with Gasteiger partial charge in [0.2, 0.25) is 10.0 Å². The molecule has 2 saturated carbocycles. The van der Waals surface area contributed by atoms with Crippen molar-refractivity contribution >= 4 is 22.0 Å². The standard InChI is InChI=1S/C15H24N2O5S/c1-6-10-9-15(10,16-12(19)22-13(2,3)4)11(18)17-23(20,21)14(5)7-8-14/h6,10H,1,7-9H2,2-5H3,(H,16,19)(H,17,18). The molecule has 7 nitrogen and oxygen atoms in total. The largest absolute Gasteiger partial charge is 0.444 e. The number of rotatable bonds is 5. The first-order valence-corrected chi connectivity index (χ1v) is 9.04. The third-order valence-electron chi connectivity index (χ3n) is 4.26. The quantitative estimate of drug-likeness (QED) is 0.735. The molecule has 0 aromatic carbocycles. The Hall–Kier alpha value is -1.57. The first-order chi connectivity index (χ1) is 10.4. The second-order valence-corrected chi connectivity index (χ2v) is 9.73. The van der Waals surface area contributed by atoms with Crippen LogP contribution in [0.3, 0.4) is 0 Å².